The zero-order valence-electron chi connectivity index (χ0n) is 10.7. The van der Waals surface area contributed by atoms with Gasteiger partial charge < -0.3 is 15.2 Å². The molecular formula is C13H17NO4. The van der Waals surface area contributed by atoms with Crippen LogP contribution >= 0.6 is 0 Å². The minimum atomic E-state index is -0.953. The van der Waals surface area contributed by atoms with Crippen LogP contribution in [0, 0.1) is 0 Å². The second-order valence-electron chi connectivity index (χ2n) is 4.64. The van der Waals surface area contributed by atoms with Crippen LogP contribution in [-0.2, 0) is 4.79 Å². The topological polar surface area (TPSA) is 75.6 Å². The first-order chi connectivity index (χ1) is 8.34. The molecule has 5 heteroatoms. The highest BCUT2D eigenvalue weighted by Gasteiger charge is 2.24. The number of benzene rings is 1. The Balaban J connectivity index is 2.78. The molecule has 0 aromatic heterocycles. The number of aliphatic carboxylic acids is 1. The molecule has 0 fully saturated rings. The molecule has 18 heavy (non-hydrogen) atoms. The lowest BCUT2D eigenvalue weighted by Gasteiger charge is -2.24. The third-order valence-electron chi connectivity index (χ3n) is 2.38. The van der Waals surface area contributed by atoms with Crippen LogP contribution in [-0.4, -0.2) is 29.6 Å². The smallest absolute Gasteiger partial charge is 0.305 e. The van der Waals surface area contributed by atoms with Crippen molar-refractivity contribution in [1.29, 1.82) is 0 Å². The molecule has 0 aliphatic rings. The quantitative estimate of drug-likeness (QED) is 0.834. The van der Waals surface area contributed by atoms with Crippen molar-refractivity contribution in [3.8, 4) is 5.75 Å². The van der Waals surface area contributed by atoms with Gasteiger partial charge in [-0.2, -0.15) is 0 Å². The monoisotopic (exact) mass is 251 g/mol. The Morgan fingerprint density at radius 2 is 2.06 bits per heavy atom. The number of nitrogens with one attached hydrogen (secondary N) is 1. The number of rotatable bonds is 5. The minimum absolute atomic E-state index is 0.136. The van der Waals surface area contributed by atoms with E-state index in [0.717, 1.165) is 0 Å². The van der Waals surface area contributed by atoms with Crippen LogP contribution in [0.4, 0.5) is 0 Å². The van der Waals surface area contributed by atoms with Crippen molar-refractivity contribution < 1.29 is 19.4 Å². The number of amides is 1. The summed E-state index contributed by atoms with van der Waals surface area (Å²) in [6, 6.07) is 6.69. The van der Waals surface area contributed by atoms with Gasteiger partial charge in [0.15, 0.2) is 0 Å². The molecule has 1 amide bonds. The van der Waals surface area contributed by atoms with Crippen molar-refractivity contribution in [2.45, 2.75) is 25.8 Å². The SMILES string of the molecule is COc1cccc(C(=O)NC(C)(C)CC(=O)O)c1. The fourth-order valence-electron chi connectivity index (χ4n) is 1.57. The standard InChI is InChI=1S/C13H17NO4/c1-13(2,8-11(15)16)14-12(17)9-5-4-6-10(7-9)18-3/h4-7H,8H2,1-3H3,(H,14,17)(H,15,16). The molecule has 0 heterocycles. The number of carbonyl (C=O) groups is 2. The van der Waals surface area contributed by atoms with Crippen LogP contribution in [0.5, 0.6) is 5.75 Å². The maximum absolute atomic E-state index is 12.0. The van der Waals surface area contributed by atoms with Gasteiger partial charge in [-0.1, -0.05) is 6.07 Å². The molecule has 2 N–H and O–H groups in total. The van der Waals surface area contributed by atoms with E-state index in [-0.39, 0.29) is 12.3 Å². The molecule has 0 unspecified atom stereocenters. The largest absolute Gasteiger partial charge is 0.497 e. The summed E-state index contributed by atoms with van der Waals surface area (Å²) >= 11 is 0. The molecular weight excluding hydrogens is 234 g/mol. The summed E-state index contributed by atoms with van der Waals surface area (Å²) in [5.41, 5.74) is -0.362. The molecule has 0 aliphatic heterocycles. The second kappa shape index (κ2) is 5.53. The third-order valence-corrected chi connectivity index (χ3v) is 2.38. The summed E-state index contributed by atoms with van der Waals surface area (Å²) in [7, 11) is 1.52. The predicted octanol–water partition coefficient (Wildman–Crippen LogP) is 1.68. The molecule has 1 aromatic rings. The van der Waals surface area contributed by atoms with Crippen LogP contribution < -0.4 is 10.1 Å². The van der Waals surface area contributed by atoms with E-state index >= 15 is 0 Å². The van der Waals surface area contributed by atoms with Crippen LogP contribution in [0.25, 0.3) is 0 Å². The Labute approximate surface area is 106 Å². The Morgan fingerprint density at radius 3 is 2.61 bits per heavy atom. The molecule has 0 bridgehead atoms. The highest BCUT2D eigenvalue weighted by atomic mass is 16.5. The number of hydrogen-bond acceptors (Lipinski definition) is 3. The predicted molar refractivity (Wildman–Crippen MR) is 66.8 cm³/mol. The zero-order chi connectivity index (χ0) is 13.8. The zero-order valence-corrected chi connectivity index (χ0v) is 10.7. The lowest BCUT2D eigenvalue weighted by Crippen LogP contribution is -2.44. The van der Waals surface area contributed by atoms with Crippen molar-refractivity contribution in [2.75, 3.05) is 7.11 Å². The number of methoxy groups -OCH3 is 1. The summed E-state index contributed by atoms with van der Waals surface area (Å²) in [4.78, 5) is 22.6. The van der Waals surface area contributed by atoms with Crippen molar-refractivity contribution in [3.05, 3.63) is 29.8 Å². The molecule has 0 atom stereocenters. The van der Waals surface area contributed by atoms with Gasteiger partial charge in [0, 0.05) is 11.1 Å². The van der Waals surface area contributed by atoms with Gasteiger partial charge in [-0.3, -0.25) is 9.59 Å². The van der Waals surface area contributed by atoms with Gasteiger partial charge in [0.05, 0.1) is 13.5 Å². The van der Waals surface area contributed by atoms with Crippen molar-refractivity contribution >= 4 is 11.9 Å². The summed E-state index contributed by atoms with van der Waals surface area (Å²) < 4.78 is 5.03. The maximum Gasteiger partial charge on any atom is 0.305 e. The summed E-state index contributed by atoms with van der Waals surface area (Å²) in [6.45, 7) is 3.33. The molecule has 0 spiro atoms. The lowest BCUT2D eigenvalue weighted by atomic mass is 10.00. The summed E-state index contributed by atoms with van der Waals surface area (Å²) in [6.07, 6.45) is -0.136. The van der Waals surface area contributed by atoms with Crippen molar-refractivity contribution in [2.24, 2.45) is 0 Å². The third kappa shape index (κ3) is 4.08. The van der Waals surface area contributed by atoms with Crippen LogP contribution in [0.1, 0.15) is 30.6 Å². The number of ether oxygens (including phenoxy) is 1. The second-order valence-corrected chi connectivity index (χ2v) is 4.64. The molecule has 0 radical (unpaired) electrons. The van der Waals surface area contributed by atoms with E-state index in [4.69, 9.17) is 9.84 Å². The highest BCUT2D eigenvalue weighted by molar-refractivity contribution is 5.95. The molecule has 0 saturated heterocycles. The normalized spacial score (nSPS) is 10.8. The molecule has 98 valence electrons. The first kappa shape index (κ1) is 14.0. The van der Waals surface area contributed by atoms with Gasteiger partial charge in [-0.15, -0.1) is 0 Å². The van der Waals surface area contributed by atoms with E-state index in [1.165, 1.54) is 7.11 Å². The summed E-state index contributed by atoms with van der Waals surface area (Å²) in [5.74, 6) is -0.690. The fourth-order valence-corrected chi connectivity index (χ4v) is 1.57. The molecule has 1 rings (SSSR count). The maximum atomic E-state index is 12.0. The number of carbonyl (C=O) groups excluding carboxylic acids is 1. The van der Waals surface area contributed by atoms with Crippen LogP contribution in [0.15, 0.2) is 24.3 Å². The van der Waals surface area contributed by atoms with E-state index in [9.17, 15) is 9.59 Å². The Kier molecular flexibility index (Phi) is 4.31. The lowest BCUT2D eigenvalue weighted by molar-refractivity contribution is -0.138. The van der Waals surface area contributed by atoms with Gasteiger partial charge in [0.25, 0.3) is 5.91 Å². The minimum Gasteiger partial charge on any atom is -0.497 e. The van der Waals surface area contributed by atoms with Gasteiger partial charge in [-0.25, -0.2) is 0 Å². The van der Waals surface area contributed by atoms with E-state index in [0.29, 0.717) is 11.3 Å². The van der Waals surface area contributed by atoms with Crippen LogP contribution in [0.2, 0.25) is 0 Å². The molecule has 5 nitrogen and oxygen atoms in total. The first-order valence-corrected chi connectivity index (χ1v) is 5.52. The molecule has 1 aromatic carbocycles. The van der Waals surface area contributed by atoms with E-state index in [2.05, 4.69) is 5.32 Å². The Bertz CT molecular complexity index is 454. The first-order valence-electron chi connectivity index (χ1n) is 5.52. The number of carboxylic acids is 1. The van der Waals surface area contributed by atoms with Gasteiger partial charge in [-0.05, 0) is 32.0 Å². The van der Waals surface area contributed by atoms with Gasteiger partial charge >= 0.3 is 5.97 Å². The molecule has 0 saturated carbocycles. The molecule has 0 aliphatic carbocycles. The van der Waals surface area contributed by atoms with Gasteiger partial charge in [0.1, 0.15) is 5.75 Å². The van der Waals surface area contributed by atoms with E-state index in [1.54, 1.807) is 38.1 Å². The van der Waals surface area contributed by atoms with Crippen LogP contribution in [0.3, 0.4) is 0 Å². The summed E-state index contributed by atoms with van der Waals surface area (Å²) in [5, 5.41) is 11.4. The Hall–Kier alpha value is -2.04. The van der Waals surface area contributed by atoms with E-state index in [1.807, 2.05) is 0 Å². The Morgan fingerprint density at radius 1 is 1.39 bits per heavy atom. The van der Waals surface area contributed by atoms with Crippen molar-refractivity contribution in [1.82, 2.24) is 5.32 Å². The fraction of sp³-hybridized carbons (Fsp3) is 0.385. The number of hydrogen-bond donors (Lipinski definition) is 2. The van der Waals surface area contributed by atoms with E-state index < -0.39 is 11.5 Å². The average Bonchev–Trinajstić information content (AvgIpc) is 2.26. The number of carboxylic acid groups (broad SMARTS) is 1. The van der Waals surface area contributed by atoms with Gasteiger partial charge in [0.2, 0.25) is 0 Å². The van der Waals surface area contributed by atoms with Crippen molar-refractivity contribution in [3.63, 3.8) is 0 Å². The average molecular weight is 251 g/mol. The highest BCUT2D eigenvalue weighted by Crippen LogP contribution is 2.14.